The van der Waals surface area contributed by atoms with Crippen LogP contribution in [0.2, 0.25) is 0 Å². The van der Waals surface area contributed by atoms with E-state index in [1.165, 1.54) is 0 Å². The highest BCUT2D eigenvalue weighted by Gasteiger charge is 2.36. The third kappa shape index (κ3) is 3.37. The smallest absolute Gasteiger partial charge is 0.255 e. The first kappa shape index (κ1) is 17.8. The zero-order valence-electron chi connectivity index (χ0n) is 14.3. The second-order valence-electron chi connectivity index (χ2n) is 5.94. The molecule has 2 aromatic rings. The average Bonchev–Trinajstić information content (AvgIpc) is 2.87. The number of fused-ring (bicyclic) bond motifs is 1. The number of hydrogen-bond donors (Lipinski definition) is 1. The van der Waals surface area contributed by atoms with E-state index in [1.54, 1.807) is 14.2 Å². The Hall–Kier alpha value is -2.05. The highest BCUT2D eigenvalue weighted by Crippen LogP contribution is 2.39. The van der Waals surface area contributed by atoms with Gasteiger partial charge in [0, 0.05) is 21.7 Å². The Bertz CT molecular complexity index is 794. The van der Waals surface area contributed by atoms with Crippen LogP contribution in [0, 0.1) is 0 Å². The fraction of sp³-hybridized carbons (Fsp3) is 0.316. The maximum Gasteiger partial charge on any atom is 0.255 e. The second kappa shape index (κ2) is 7.45. The molecule has 5 nitrogen and oxygen atoms in total. The van der Waals surface area contributed by atoms with Gasteiger partial charge in [-0.25, -0.2) is 0 Å². The standard InChI is InChI=1S/C19H21BrN2O3/c1-24-14-5-3-12(18(10-14)25-2)11-22-17(7-8-21)16-9-13(20)4-6-15(16)19(22)23/h3-6,9-10,17H,7-8,11,21H2,1-2H3. The van der Waals surface area contributed by atoms with Gasteiger partial charge in [-0.2, -0.15) is 0 Å². The molecular formula is C19H21BrN2O3. The lowest BCUT2D eigenvalue weighted by Gasteiger charge is -2.26. The number of rotatable bonds is 6. The lowest BCUT2D eigenvalue weighted by atomic mass is 10.0. The van der Waals surface area contributed by atoms with Gasteiger partial charge in [0.05, 0.1) is 26.8 Å². The molecule has 0 saturated heterocycles. The lowest BCUT2D eigenvalue weighted by molar-refractivity contribution is 0.0702. The van der Waals surface area contributed by atoms with Gasteiger partial charge in [-0.3, -0.25) is 4.79 Å². The summed E-state index contributed by atoms with van der Waals surface area (Å²) in [5.41, 5.74) is 8.51. The van der Waals surface area contributed by atoms with Gasteiger partial charge >= 0.3 is 0 Å². The van der Waals surface area contributed by atoms with Crippen molar-refractivity contribution >= 4 is 21.8 Å². The third-order valence-corrected chi connectivity index (χ3v) is 5.01. The zero-order valence-corrected chi connectivity index (χ0v) is 15.9. The molecule has 2 aromatic carbocycles. The molecule has 132 valence electrons. The summed E-state index contributed by atoms with van der Waals surface area (Å²) in [6.45, 7) is 0.975. The van der Waals surface area contributed by atoms with Crippen LogP contribution in [0.25, 0.3) is 0 Å². The predicted octanol–water partition coefficient (Wildman–Crippen LogP) is 3.51. The number of benzene rings is 2. The molecule has 0 saturated carbocycles. The van der Waals surface area contributed by atoms with E-state index in [0.29, 0.717) is 25.3 Å². The maximum absolute atomic E-state index is 12.9. The number of carbonyl (C=O) groups excluding carboxylic acids is 1. The highest BCUT2D eigenvalue weighted by atomic mass is 79.9. The van der Waals surface area contributed by atoms with E-state index in [0.717, 1.165) is 26.9 Å². The normalized spacial score (nSPS) is 16.1. The first-order valence-electron chi connectivity index (χ1n) is 8.10. The van der Waals surface area contributed by atoms with Crippen LogP contribution in [0.3, 0.4) is 0 Å². The molecular weight excluding hydrogens is 384 g/mol. The van der Waals surface area contributed by atoms with Gasteiger partial charge in [0.15, 0.2) is 0 Å². The van der Waals surface area contributed by atoms with Crippen LogP contribution in [0.15, 0.2) is 40.9 Å². The van der Waals surface area contributed by atoms with Crippen molar-refractivity contribution in [3.05, 3.63) is 57.6 Å². The Morgan fingerprint density at radius 2 is 1.96 bits per heavy atom. The predicted molar refractivity (Wildman–Crippen MR) is 100.0 cm³/mol. The second-order valence-corrected chi connectivity index (χ2v) is 6.85. The van der Waals surface area contributed by atoms with Gasteiger partial charge in [0.25, 0.3) is 5.91 Å². The monoisotopic (exact) mass is 404 g/mol. The molecule has 0 bridgehead atoms. The van der Waals surface area contributed by atoms with E-state index in [2.05, 4.69) is 15.9 Å². The molecule has 3 rings (SSSR count). The SMILES string of the molecule is COc1ccc(CN2C(=O)c3ccc(Br)cc3C2CCN)c(OC)c1. The molecule has 0 fully saturated rings. The summed E-state index contributed by atoms with van der Waals surface area (Å²) >= 11 is 3.49. The summed E-state index contributed by atoms with van der Waals surface area (Å²) in [5, 5.41) is 0. The fourth-order valence-electron chi connectivity index (χ4n) is 3.29. The van der Waals surface area contributed by atoms with E-state index >= 15 is 0 Å². The number of methoxy groups -OCH3 is 2. The Balaban J connectivity index is 1.95. The van der Waals surface area contributed by atoms with Gasteiger partial charge < -0.3 is 20.1 Å². The molecule has 0 aliphatic carbocycles. The van der Waals surface area contributed by atoms with E-state index in [4.69, 9.17) is 15.2 Å². The van der Waals surface area contributed by atoms with Crippen molar-refractivity contribution < 1.29 is 14.3 Å². The molecule has 0 aromatic heterocycles. The molecule has 0 radical (unpaired) electrons. The van der Waals surface area contributed by atoms with Gasteiger partial charge in [-0.1, -0.05) is 15.9 Å². The summed E-state index contributed by atoms with van der Waals surface area (Å²) in [4.78, 5) is 14.8. The van der Waals surface area contributed by atoms with Crippen LogP contribution in [0.4, 0.5) is 0 Å². The van der Waals surface area contributed by atoms with E-state index < -0.39 is 0 Å². The maximum atomic E-state index is 12.9. The third-order valence-electron chi connectivity index (χ3n) is 4.52. The Morgan fingerprint density at radius 1 is 1.16 bits per heavy atom. The molecule has 1 heterocycles. The average molecular weight is 405 g/mol. The van der Waals surface area contributed by atoms with Crippen molar-refractivity contribution in [3.8, 4) is 11.5 Å². The van der Waals surface area contributed by atoms with E-state index in [9.17, 15) is 4.79 Å². The first-order chi connectivity index (χ1) is 12.1. The van der Waals surface area contributed by atoms with Crippen molar-refractivity contribution in [1.82, 2.24) is 4.90 Å². The van der Waals surface area contributed by atoms with E-state index in [1.807, 2.05) is 41.3 Å². The summed E-state index contributed by atoms with van der Waals surface area (Å²) in [6.07, 6.45) is 0.716. The van der Waals surface area contributed by atoms with Crippen molar-refractivity contribution in [2.24, 2.45) is 5.73 Å². The van der Waals surface area contributed by atoms with Crippen molar-refractivity contribution in [1.29, 1.82) is 0 Å². The van der Waals surface area contributed by atoms with Gasteiger partial charge in [-0.15, -0.1) is 0 Å². The number of halogens is 1. The molecule has 6 heteroatoms. The molecule has 1 atom stereocenters. The summed E-state index contributed by atoms with van der Waals surface area (Å²) in [7, 11) is 3.23. The molecule has 1 unspecified atom stereocenters. The number of ether oxygens (including phenoxy) is 2. The van der Waals surface area contributed by atoms with Crippen LogP contribution in [0.5, 0.6) is 11.5 Å². The van der Waals surface area contributed by atoms with Crippen LogP contribution in [0.1, 0.15) is 33.9 Å². The van der Waals surface area contributed by atoms with Crippen LogP contribution < -0.4 is 15.2 Å². The number of carbonyl (C=O) groups is 1. The number of amides is 1. The number of nitrogens with zero attached hydrogens (tertiary/aromatic N) is 1. The van der Waals surface area contributed by atoms with Gasteiger partial charge in [-0.05, 0) is 48.9 Å². The molecule has 2 N–H and O–H groups in total. The molecule has 1 aliphatic heterocycles. The summed E-state index contributed by atoms with van der Waals surface area (Å²) in [6, 6.07) is 11.4. The Morgan fingerprint density at radius 3 is 2.64 bits per heavy atom. The zero-order chi connectivity index (χ0) is 18.0. The molecule has 1 amide bonds. The minimum atomic E-state index is -0.0307. The lowest BCUT2D eigenvalue weighted by Crippen LogP contribution is -2.29. The largest absolute Gasteiger partial charge is 0.497 e. The van der Waals surface area contributed by atoms with Gasteiger partial charge in [0.2, 0.25) is 0 Å². The Labute approximate surface area is 155 Å². The topological polar surface area (TPSA) is 64.8 Å². The van der Waals surface area contributed by atoms with Crippen molar-refractivity contribution in [2.75, 3.05) is 20.8 Å². The van der Waals surface area contributed by atoms with Crippen molar-refractivity contribution in [3.63, 3.8) is 0 Å². The quantitative estimate of drug-likeness (QED) is 0.799. The molecule has 25 heavy (non-hydrogen) atoms. The van der Waals surface area contributed by atoms with Crippen molar-refractivity contribution in [2.45, 2.75) is 19.0 Å². The molecule has 1 aliphatic rings. The number of nitrogens with two attached hydrogens (primary N) is 1. The minimum Gasteiger partial charge on any atom is -0.497 e. The van der Waals surface area contributed by atoms with Gasteiger partial charge in [0.1, 0.15) is 11.5 Å². The van der Waals surface area contributed by atoms with Crippen LogP contribution >= 0.6 is 15.9 Å². The summed E-state index contributed by atoms with van der Waals surface area (Å²) in [5.74, 6) is 1.45. The minimum absolute atomic E-state index is 0.0267. The summed E-state index contributed by atoms with van der Waals surface area (Å²) < 4.78 is 11.7. The Kier molecular flexibility index (Phi) is 5.30. The molecule has 0 spiro atoms. The first-order valence-corrected chi connectivity index (χ1v) is 8.89. The number of hydrogen-bond acceptors (Lipinski definition) is 4. The highest BCUT2D eigenvalue weighted by molar-refractivity contribution is 9.10. The fourth-order valence-corrected chi connectivity index (χ4v) is 3.66. The van der Waals surface area contributed by atoms with E-state index in [-0.39, 0.29) is 11.9 Å². The van der Waals surface area contributed by atoms with Crippen LogP contribution in [-0.4, -0.2) is 31.6 Å². The van der Waals surface area contributed by atoms with Crippen LogP contribution in [-0.2, 0) is 6.54 Å².